The van der Waals surface area contributed by atoms with E-state index in [1.165, 1.54) is 10.0 Å². The van der Waals surface area contributed by atoms with Gasteiger partial charge in [-0.15, -0.1) is 0 Å². The van der Waals surface area contributed by atoms with Crippen molar-refractivity contribution in [1.82, 2.24) is 0 Å². The zero-order valence-corrected chi connectivity index (χ0v) is 12.3. The number of carbonyl (C=O) groups is 1. The summed E-state index contributed by atoms with van der Waals surface area (Å²) < 4.78 is 6.51. The molecule has 17 heavy (non-hydrogen) atoms. The van der Waals surface area contributed by atoms with Gasteiger partial charge in [0.25, 0.3) is 0 Å². The van der Waals surface area contributed by atoms with Crippen LogP contribution < -0.4 is 4.46 Å². The monoisotopic (exact) mass is 300 g/mol. The van der Waals surface area contributed by atoms with E-state index in [0.717, 1.165) is 18.2 Å². The first-order valence-electron chi connectivity index (χ1n) is 6.08. The summed E-state index contributed by atoms with van der Waals surface area (Å²) in [5.74, 6) is -0.0473. The fraction of sp³-hybridized carbons (Fsp3) is 0.500. The number of carbonyl (C=O) groups excluding carboxylic acids is 1. The van der Waals surface area contributed by atoms with Crippen LogP contribution in [0.15, 0.2) is 24.3 Å². The standard InChI is InChI=1S/C14H20O2Se/c1-3-4-10-16-14(15)9-11-17-13-8-6-5-7-12(13)2/h5-8H,3-4,9-11H2,1-2H3. The number of hydrogen-bond acceptors (Lipinski definition) is 2. The van der Waals surface area contributed by atoms with Gasteiger partial charge in [-0.3, -0.25) is 0 Å². The van der Waals surface area contributed by atoms with Gasteiger partial charge in [-0.25, -0.2) is 0 Å². The van der Waals surface area contributed by atoms with Crippen LogP contribution in [0.2, 0.25) is 5.32 Å². The minimum atomic E-state index is -0.0473. The van der Waals surface area contributed by atoms with Crippen molar-refractivity contribution in [2.45, 2.75) is 38.4 Å². The summed E-state index contributed by atoms with van der Waals surface area (Å²) in [4.78, 5) is 11.4. The van der Waals surface area contributed by atoms with Crippen molar-refractivity contribution < 1.29 is 9.53 Å². The zero-order valence-electron chi connectivity index (χ0n) is 10.6. The first-order valence-corrected chi connectivity index (χ1v) is 8.15. The van der Waals surface area contributed by atoms with Crippen molar-refractivity contribution in [3.05, 3.63) is 29.8 Å². The zero-order chi connectivity index (χ0) is 12.5. The second-order valence-corrected chi connectivity index (χ2v) is 6.32. The van der Waals surface area contributed by atoms with Gasteiger partial charge in [0.2, 0.25) is 0 Å². The molecule has 3 heteroatoms. The van der Waals surface area contributed by atoms with Gasteiger partial charge in [0, 0.05) is 0 Å². The van der Waals surface area contributed by atoms with Gasteiger partial charge >= 0.3 is 110 Å². The van der Waals surface area contributed by atoms with E-state index in [4.69, 9.17) is 4.74 Å². The maximum absolute atomic E-state index is 11.4. The van der Waals surface area contributed by atoms with Crippen molar-refractivity contribution in [1.29, 1.82) is 0 Å². The molecule has 0 saturated carbocycles. The fourth-order valence-electron chi connectivity index (χ4n) is 1.37. The van der Waals surface area contributed by atoms with Crippen LogP contribution in [0.5, 0.6) is 0 Å². The molecule has 0 atom stereocenters. The molecule has 0 N–H and O–H groups in total. The Balaban J connectivity index is 2.19. The molecule has 0 aliphatic rings. The van der Waals surface area contributed by atoms with E-state index in [2.05, 4.69) is 32.0 Å². The van der Waals surface area contributed by atoms with Crippen LogP contribution in [0.25, 0.3) is 0 Å². The molecule has 1 aromatic rings. The van der Waals surface area contributed by atoms with Crippen LogP contribution in [0.3, 0.4) is 0 Å². The predicted octanol–water partition coefficient (Wildman–Crippen LogP) is 2.48. The fourth-order valence-corrected chi connectivity index (χ4v) is 3.38. The molecule has 0 saturated heterocycles. The van der Waals surface area contributed by atoms with Crippen molar-refractivity contribution in [2.24, 2.45) is 0 Å². The molecule has 1 rings (SSSR count). The molecule has 94 valence electrons. The van der Waals surface area contributed by atoms with Gasteiger partial charge in [-0.2, -0.15) is 0 Å². The Bertz CT molecular complexity index is 350. The molecule has 0 amide bonds. The summed E-state index contributed by atoms with van der Waals surface area (Å²) in [6.07, 6.45) is 2.59. The van der Waals surface area contributed by atoms with Crippen LogP contribution in [0.1, 0.15) is 31.7 Å². The second-order valence-electron chi connectivity index (χ2n) is 3.94. The van der Waals surface area contributed by atoms with Crippen LogP contribution in [-0.4, -0.2) is 27.5 Å². The molecule has 1 aromatic carbocycles. The van der Waals surface area contributed by atoms with E-state index >= 15 is 0 Å². The molecule has 0 aliphatic carbocycles. The number of rotatable bonds is 7. The summed E-state index contributed by atoms with van der Waals surface area (Å²) in [7, 11) is 0. The van der Waals surface area contributed by atoms with Gasteiger partial charge in [-0.05, 0) is 0 Å². The van der Waals surface area contributed by atoms with E-state index < -0.39 is 0 Å². The first-order chi connectivity index (χ1) is 8.24. The Morgan fingerprint density at radius 2 is 2.12 bits per heavy atom. The number of unbranched alkanes of at least 4 members (excludes halogenated alkanes) is 1. The topological polar surface area (TPSA) is 26.3 Å². The van der Waals surface area contributed by atoms with Crippen LogP contribution >= 0.6 is 0 Å². The summed E-state index contributed by atoms with van der Waals surface area (Å²) in [6.45, 7) is 4.79. The van der Waals surface area contributed by atoms with Crippen LogP contribution in [0, 0.1) is 6.92 Å². The first kappa shape index (κ1) is 14.3. The van der Waals surface area contributed by atoms with Gasteiger partial charge in [0.1, 0.15) is 0 Å². The van der Waals surface area contributed by atoms with E-state index in [1.54, 1.807) is 0 Å². The van der Waals surface area contributed by atoms with E-state index in [1.807, 2.05) is 6.07 Å². The molecule has 0 spiro atoms. The third-order valence-electron chi connectivity index (χ3n) is 2.42. The van der Waals surface area contributed by atoms with Gasteiger partial charge in [-0.1, -0.05) is 0 Å². The molecular weight excluding hydrogens is 279 g/mol. The number of hydrogen-bond donors (Lipinski definition) is 0. The number of esters is 1. The quantitative estimate of drug-likeness (QED) is 0.439. The molecule has 0 aliphatic heterocycles. The Kier molecular flexibility index (Phi) is 6.99. The molecule has 0 fully saturated rings. The van der Waals surface area contributed by atoms with Crippen molar-refractivity contribution >= 4 is 25.4 Å². The van der Waals surface area contributed by atoms with Crippen molar-refractivity contribution in [2.75, 3.05) is 6.61 Å². The Morgan fingerprint density at radius 3 is 2.82 bits per heavy atom. The van der Waals surface area contributed by atoms with Crippen LogP contribution in [-0.2, 0) is 9.53 Å². The van der Waals surface area contributed by atoms with E-state index in [-0.39, 0.29) is 5.97 Å². The molecule has 2 nitrogen and oxygen atoms in total. The molecule has 0 heterocycles. The Morgan fingerprint density at radius 1 is 1.35 bits per heavy atom. The summed E-state index contributed by atoms with van der Waals surface area (Å²) >= 11 is 0.384. The van der Waals surface area contributed by atoms with Gasteiger partial charge in [0.15, 0.2) is 0 Å². The molecule has 0 radical (unpaired) electrons. The Hall–Kier alpha value is -0.791. The summed E-state index contributed by atoms with van der Waals surface area (Å²) in [5, 5.41) is 0.933. The summed E-state index contributed by atoms with van der Waals surface area (Å²) in [5.41, 5.74) is 1.33. The molecule has 0 unspecified atom stereocenters. The molecule has 0 aromatic heterocycles. The average Bonchev–Trinajstić information content (AvgIpc) is 2.32. The van der Waals surface area contributed by atoms with Gasteiger partial charge < -0.3 is 0 Å². The summed E-state index contributed by atoms with van der Waals surface area (Å²) in [6, 6.07) is 8.38. The molecule has 0 bridgehead atoms. The minimum absolute atomic E-state index is 0.0473. The van der Waals surface area contributed by atoms with Crippen molar-refractivity contribution in [3.8, 4) is 0 Å². The van der Waals surface area contributed by atoms with Crippen LogP contribution in [0.4, 0.5) is 0 Å². The predicted molar refractivity (Wildman–Crippen MR) is 71.9 cm³/mol. The maximum atomic E-state index is 11.4. The van der Waals surface area contributed by atoms with Crippen molar-refractivity contribution in [3.63, 3.8) is 0 Å². The average molecular weight is 299 g/mol. The second kappa shape index (κ2) is 8.32. The van der Waals surface area contributed by atoms with E-state index in [9.17, 15) is 4.79 Å². The molecular formula is C14H20O2Se. The number of benzene rings is 1. The number of ether oxygens (including phenoxy) is 1. The normalized spacial score (nSPS) is 10.2. The Labute approximate surface area is 110 Å². The third kappa shape index (κ3) is 5.90. The van der Waals surface area contributed by atoms with E-state index in [0.29, 0.717) is 28.0 Å². The van der Waals surface area contributed by atoms with Gasteiger partial charge in [0.05, 0.1) is 0 Å². The number of aryl methyl sites for hydroxylation is 1. The SMILES string of the molecule is CCCCOC(=O)CC[Se]c1ccccc1C. The third-order valence-corrected chi connectivity index (χ3v) is 4.89.